The SMILES string of the molecule is CCCNc1nc(-c2sccc2Cl)nc(-n2cncn2)n1. The molecule has 3 aromatic rings. The highest BCUT2D eigenvalue weighted by molar-refractivity contribution is 7.14. The fourth-order valence-corrected chi connectivity index (χ4v) is 2.72. The van der Waals surface area contributed by atoms with Crippen LogP contribution in [0.4, 0.5) is 5.95 Å². The number of hydrogen-bond donors (Lipinski definition) is 1. The van der Waals surface area contributed by atoms with Crippen LogP contribution in [0.2, 0.25) is 5.02 Å². The van der Waals surface area contributed by atoms with Crippen molar-refractivity contribution in [2.45, 2.75) is 13.3 Å². The second-order valence-electron chi connectivity index (χ2n) is 4.15. The number of nitrogens with one attached hydrogen (secondary N) is 1. The molecule has 0 atom stereocenters. The predicted molar refractivity (Wildman–Crippen MR) is 81.8 cm³/mol. The molecule has 0 fully saturated rings. The van der Waals surface area contributed by atoms with Crippen LogP contribution < -0.4 is 5.32 Å². The third-order valence-corrected chi connectivity index (χ3v) is 3.94. The zero-order valence-corrected chi connectivity index (χ0v) is 12.8. The van der Waals surface area contributed by atoms with Crippen molar-refractivity contribution in [2.75, 3.05) is 11.9 Å². The highest BCUT2D eigenvalue weighted by Crippen LogP contribution is 2.31. The maximum absolute atomic E-state index is 6.16. The molecule has 1 N–H and O–H groups in total. The van der Waals surface area contributed by atoms with Crippen molar-refractivity contribution in [1.82, 2.24) is 29.7 Å². The average Bonchev–Trinajstić information content (AvgIpc) is 3.16. The molecule has 0 aromatic carbocycles. The molecule has 21 heavy (non-hydrogen) atoms. The first-order valence-corrected chi connectivity index (χ1v) is 7.62. The summed E-state index contributed by atoms with van der Waals surface area (Å²) in [5.41, 5.74) is 0. The van der Waals surface area contributed by atoms with E-state index in [9.17, 15) is 0 Å². The van der Waals surface area contributed by atoms with Gasteiger partial charge in [0.15, 0.2) is 5.82 Å². The van der Waals surface area contributed by atoms with Crippen LogP contribution >= 0.6 is 22.9 Å². The Bertz CT molecular complexity index is 725. The van der Waals surface area contributed by atoms with Gasteiger partial charge in [0, 0.05) is 6.54 Å². The molecule has 108 valence electrons. The van der Waals surface area contributed by atoms with Crippen LogP contribution in [0, 0.1) is 0 Å². The fraction of sp³-hybridized carbons (Fsp3) is 0.250. The predicted octanol–water partition coefficient (Wildman–Crippen LogP) is 2.66. The van der Waals surface area contributed by atoms with E-state index in [-0.39, 0.29) is 0 Å². The molecular formula is C12H12ClN7S. The molecule has 0 spiro atoms. The second kappa shape index (κ2) is 6.15. The Morgan fingerprint density at radius 3 is 2.90 bits per heavy atom. The zero-order chi connectivity index (χ0) is 14.7. The molecule has 0 saturated carbocycles. The lowest BCUT2D eigenvalue weighted by molar-refractivity contribution is 0.795. The maximum atomic E-state index is 6.16. The molecule has 0 saturated heterocycles. The lowest BCUT2D eigenvalue weighted by Gasteiger charge is -2.07. The zero-order valence-electron chi connectivity index (χ0n) is 11.2. The van der Waals surface area contributed by atoms with E-state index in [2.05, 4.69) is 37.3 Å². The molecule has 7 nitrogen and oxygen atoms in total. The molecule has 0 amide bonds. The molecule has 0 unspecified atom stereocenters. The van der Waals surface area contributed by atoms with Gasteiger partial charge in [-0.1, -0.05) is 18.5 Å². The van der Waals surface area contributed by atoms with Crippen molar-refractivity contribution in [2.24, 2.45) is 0 Å². The van der Waals surface area contributed by atoms with E-state index in [0.29, 0.717) is 22.7 Å². The molecular weight excluding hydrogens is 310 g/mol. The van der Waals surface area contributed by atoms with E-state index in [1.807, 2.05) is 11.4 Å². The van der Waals surface area contributed by atoms with Crippen LogP contribution in [0.25, 0.3) is 16.6 Å². The van der Waals surface area contributed by atoms with Crippen molar-refractivity contribution in [3.63, 3.8) is 0 Å². The number of rotatable bonds is 5. The summed E-state index contributed by atoms with van der Waals surface area (Å²) in [7, 11) is 0. The van der Waals surface area contributed by atoms with Crippen LogP contribution in [-0.2, 0) is 0 Å². The summed E-state index contributed by atoms with van der Waals surface area (Å²) < 4.78 is 1.49. The van der Waals surface area contributed by atoms with E-state index in [1.54, 1.807) is 6.33 Å². The van der Waals surface area contributed by atoms with Gasteiger partial charge in [-0.15, -0.1) is 11.3 Å². The van der Waals surface area contributed by atoms with Crippen molar-refractivity contribution >= 4 is 28.9 Å². The van der Waals surface area contributed by atoms with Gasteiger partial charge in [0.1, 0.15) is 12.7 Å². The first-order valence-electron chi connectivity index (χ1n) is 6.36. The quantitative estimate of drug-likeness (QED) is 0.778. The van der Waals surface area contributed by atoms with Crippen LogP contribution in [0.5, 0.6) is 0 Å². The van der Waals surface area contributed by atoms with Gasteiger partial charge in [0.2, 0.25) is 5.95 Å². The minimum atomic E-state index is 0.403. The van der Waals surface area contributed by atoms with Gasteiger partial charge in [-0.05, 0) is 17.9 Å². The summed E-state index contributed by atoms with van der Waals surface area (Å²) in [5, 5.41) is 9.73. The maximum Gasteiger partial charge on any atom is 0.257 e. The minimum Gasteiger partial charge on any atom is -0.354 e. The van der Waals surface area contributed by atoms with Crippen molar-refractivity contribution in [1.29, 1.82) is 0 Å². The number of halogens is 1. The Hall–Kier alpha value is -2.06. The normalized spacial score (nSPS) is 10.8. The first-order chi connectivity index (χ1) is 10.3. The molecule has 0 radical (unpaired) electrons. The van der Waals surface area contributed by atoms with Gasteiger partial charge in [0.05, 0.1) is 9.90 Å². The second-order valence-corrected chi connectivity index (χ2v) is 5.47. The molecule has 3 rings (SSSR count). The standard InChI is InChI=1S/C12H12ClN7S/c1-2-4-15-11-17-10(9-8(13)3-5-21-9)18-12(19-11)20-7-14-6-16-20/h3,5-7H,2,4H2,1H3,(H,15,17,18,19). The average molecular weight is 322 g/mol. The monoisotopic (exact) mass is 321 g/mol. The van der Waals surface area contributed by atoms with Crippen LogP contribution in [-0.4, -0.2) is 36.3 Å². The molecule has 3 aromatic heterocycles. The smallest absolute Gasteiger partial charge is 0.257 e. The van der Waals surface area contributed by atoms with Gasteiger partial charge in [-0.2, -0.15) is 24.7 Å². The summed E-state index contributed by atoms with van der Waals surface area (Å²) in [6, 6.07) is 1.82. The lowest BCUT2D eigenvalue weighted by Crippen LogP contribution is -2.10. The molecule has 0 aliphatic heterocycles. The van der Waals surface area contributed by atoms with Crippen LogP contribution in [0.1, 0.15) is 13.3 Å². The summed E-state index contributed by atoms with van der Waals surface area (Å²) in [6.07, 6.45) is 3.94. The minimum absolute atomic E-state index is 0.403. The van der Waals surface area contributed by atoms with E-state index in [1.165, 1.54) is 22.3 Å². The first kappa shape index (κ1) is 13.9. The van der Waals surface area contributed by atoms with Gasteiger partial charge >= 0.3 is 0 Å². The summed E-state index contributed by atoms with van der Waals surface area (Å²) in [6.45, 7) is 2.85. The Morgan fingerprint density at radius 1 is 1.33 bits per heavy atom. The van der Waals surface area contributed by atoms with Crippen molar-refractivity contribution in [3.8, 4) is 16.6 Å². The molecule has 0 aliphatic carbocycles. The van der Waals surface area contributed by atoms with E-state index in [0.717, 1.165) is 17.8 Å². The number of nitrogens with zero attached hydrogens (tertiary/aromatic N) is 6. The number of anilines is 1. The summed E-state index contributed by atoms with van der Waals surface area (Å²) >= 11 is 7.65. The number of aromatic nitrogens is 6. The number of hydrogen-bond acceptors (Lipinski definition) is 7. The Kier molecular flexibility index (Phi) is 4.07. The van der Waals surface area contributed by atoms with E-state index < -0.39 is 0 Å². The van der Waals surface area contributed by atoms with Gasteiger partial charge in [-0.3, -0.25) is 0 Å². The van der Waals surface area contributed by atoms with Crippen LogP contribution in [0.3, 0.4) is 0 Å². The lowest BCUT2D eigenvalue weighted by atomic mass is 10.4. The van der Waals surface area contributed by atoms with Gasteiger partial charge in [-0.25, -0.2) is 4.98 Å². The third-order valence-electron chi connectivity index (χ3n) is 2.60. The Morgan fingerprint density at radius 2 is 2.24 bits per heavy atom. The Balaban J connectivity index is 2.07. The van der Waals surface area contributed by atoms with Gasteiger partial charge in [0.25, 0.3) is 5.95 Å². The number of thiophene rings is 1. The molecule has 0 bridgehead atoms. The van der Waals surface area contributed by atoms with Crippen LogP contribution in [0.15, 0.2) is 24.1 Å². The van der Waals surface area contributed by atoms with Crippen molar-refractivity contribution < 1.29 is 0 Å². The fourth-order valence-electron chi connectivity index (χ4n) is 1.65. The molecule has 0 aliphatic rings. The highest BCUT2D eigenvalue weighted by atomic mass is 35.5. The highest BCUT2D eigenvalue weighted by Gasteiger charge is 2.13. The Labute approximate surface area is 130 Å². The van der Waals surface area contributed by atoms with Crippen molar-refractivity contribution in [3.05, 3.63) is 29.1 Å². The summed E-state index contributed by atoms with van der Waals surface area (Å²) in [5.74, 6) is 1.42. The third kappa shape index (κ3) is 3.01. The molecule has 9 heteroatoms. The topological polar surface area (TPSA) is 81.4 Å². The van der Waals surface area contributed by atoms with E-state index >= 15 is 0 Å². The van der Waals surface area contributed by atoms with E-state index in [4.69, 9.17) is 11.6 Å². The summed E-state index contributed by atoms with van der Waals surface area (Å²) in [4.78, 5) is 17.9. The largest absolute Gasteiger partial charge is 0.354 e. The molecule has 3 heterocycles. The van der Waals surface area contributed by atoms with Gasteiger partial charge < -0.3 is 5.32 Å².